The molecule has 96 valence electrons. The zero-order valence-electron chi connectivity index (χ0n) is 10.2. The van der Waals surface area contributed by atoms with Crippen molar-refractivity contribution in [1.82, 2.24) is 5.32 Å². The molecule has 0 spiro atoms. The number of aliphatic hydroxyl groups excluding tert-OH is 2. The minimum absolute atomic E-state index is 0.0248. The zero-order valence-corrected chi connectivity index (χ0v) is 11.8. The largest absolute Gasteiger partial charge is 0.395 e. The SMILES string of the molecule is CC(C)[C@@H](CO)NCC(O)c1cccc(Br)c1. The van der Waals surface area contributed by atoms with Gasteiger partial charge in [0, 0.05) is 17.1 Å². The molecule has 0 bridgehead atoms. The first-order valence-corrected chi connectivity index (χ1v) is 6.61. The molecule has 2 atom stereocenters. The highest BCUT2D eigenvalue weighted by Gasteiger charge is 2.14. The van der Waals surface area contributed by atoms with Gasteiger partial charge < -0.3 is 15.5 Å². The van der Waals surface area contributed by atoms with Crippen LogP contribution in [0.2, 0.25) is 0 Å². The molecule has 1 aromatic carbocycles. The van der Waals surface area contributed by atoms with Crippen LogP contribution in [0.5, 0.6) is 0 Å². The summed E-state index contributed by atoms with van der Waals surface area (Å²) in [6.45, 7) is 4.61. The fourth-order valence-electron chi connectivity index (χ4n) is 1.61. The summed E-state index contributed by atoms with van der Waals surface area (Å²) in [5, 5.41) is 22.3. The molecule has 0 amide bonds. The summed E-state index contributed by atoms with van der Waals surface area (Å²) in [4.78, 5) is 0. The van der Waals surface area contributed by atoms with Crippen LogP contribution in [0.25, 0.3) is 0 Å². The molecular weight excluding hydrogens is 282 g/mol. The van der Waals surface area contributed by atoms with Gasteiger partial charge in [-0.3, -0.25) is 0 Å². The number of hydrogen-bond donors (Lipinski definition) is 3. The molecule has 17 heavy (non-hydrogen) atoms. The summed E-state index contributed by atoms with van der Waals surface area (Å²) >= 11 is 3.38. The summed E-state index contributed by atoms with van der Waals surface area (Å²) < 4.78 is 0.955. The van der Waals surface area contributed by atoms with Crippen molar-refractivity contribution in [2.45, 2.75) is 26.0 Å². The third-order valence-corrected chi connectivity index (χ3v) is 3.30. The third kappa shape index (κ3) is 4.76. The van der Waals surface area contributed by atoms with Gasteiger partial charge in [-0.2, -0.15) is 0 Å². The molecule has 0 aromatic heterocycles. The van der Waals surface area contributed by atoms with Gasteiger partial charge in [-0.15, -0.1) is 0 Å². The van der Waals surface area contributed by atoms with Crippen molar-refractivity contribution in [2.24, 2.45) is 5.92 Å². The Hall–Kier alpha value is -0.420. The molecule has 4 heteroatoms. The monoisotopic (exact) mass is 301 g/mol. The summed E-state index contributed by atoms with van der Waals surface area (Å²) in [6.07, 6.45) is -0.555. The Morgan fingerprint density at radius 3 is 2.59 bits per heavy atom. The highest BCUT2D eigenvalue weighted by molar-refractivity contribution is 9.10. The first-order chi connectivity index (χ1) is 8.04. The summed E-state index contributed by atoms with van der Waals surface area (Å²) in [5.41, 5.74) is 0.868. The summed E-state index contributed by atoms with van der Waals surface area (Å²) in [6, 6.07) is 7.63. The molecule has 0 aliphatic rings. The molecule has 3 nitrogen and oxygen atoms in total. The van der Waals surface area contributed by atoms with Crippen molar-refractivity contribution in [2.75, 3.05) is 13.2 Å². The van der Waals surface area contributed by atoms with Gasteiger partial charge in [0.25, 0.3) is 0 Å². The molecule has 3 N–H and O–H groups in total. The van der Waals surface area contributed by atoms with E-state index in [9.17, 15) is 10.2 Å². The van der Waals surface area contributed by atoms with Gasteiger partial charge >= 0.3 is 0 Å². The molecule has 0 saturated carbocycles. The van der Waals surface area contributed by atoms with E-state index in [1.54, 1.807) is 0 Å². The van der Waals surface area contributed by atoms with E-state index in [-0.39, 0.29) is 12.6 Å². The minimum atomic E-state index is -0.555. The Bertz CT molecular complexity index is 344. The maximum Gasteiger partial charge on any atom is 0.0914 e. The van der Waals surface area contributed by atoms with Crippen molar-refractivity contribution in [3.05, 3.63) is 34.3 Å². The maximum absolute atomic E-state index is 10.0. The lowest BCUT2D eigenvalue weighted by Crippen LogP contribution is -2.39. The van der Waals surface area contributed by atoms with Gasteiger partial charge in [0.2, 0.25) is 0 Å². The Labute approximate surface area is 111 Å². The van der Waals surface area contributed by atoms with E-state index in [0.717, 1.165) is 10.0 Å². The molecule has 0 aliphatic heterocycles. The molecule has 0 heterocycles. The molecular formula is C13H20BrNO2. The fourth-order valence-corrected chi connectivity index (χ4v) is 2.02. The minimum Gasteiger partial charge on any atom is -0.395 e. The molecule has 0 aliphatic carbocycles. The number of aliphatic hydroxyl groups is 2. The van der Waals surface area contributed by atoms with Crippen molar-refractivity contribution < 1.29 is 10.2 Å². The van der Waals surface area contributed by atoms with Crippen molar-refractivity contribution in [3.63, 3.8) is 0 Å². The van der Waals surface area contributed by atoms with Crippen LogP contribution >= 0.6 is 15.9 Å². The molecule has 1 rings (SSSR count). The second-order valence-corrected chi connectivity index (χ2v) is 5.43. The topological polar surface area (TPSA) is 52.5 Å². The molecule has 0 radical (unpaired) electrons. The molecule has 1 aromatic rings. The highest BCUT2D eigenvalue weighted by Crippen LogP contribution is 2.17. The number of rotatable bonds is 6. The van der Waals surface area contributed by atoms with E-state index in [1.165, 1.54) is 0 Å². The van der Waals surface area contributed by atoms with Crippen molar-refractivity contribution >= 4 is 15.9 Å². The second-order valence-electron chi connectivity index (χ2n) is 4.51. The fraction of sp³-hybridized carbons (Fsp3) is 0.538. The Balaban J connectivity index is 2.52. The average Bonchev–Trinajstić information content (AvgIpc) is 2.29. The predicted molar refractivity (Wildman–Crippen MR) is 72.8 cm³/mol. The summed E-state index contributed by atoms with van der Waals surface area (Å²) in [7, 11) is 0. The van der Waals surface area contributed by atoms with E-state index in [0.29, 0.717) is 12.5 Å². The molecule has 0 fully saturated rings. The predicted octanol–water partition coefficient (Wildman–Crippen LogP) is 2.09. The van der Waals surface area contributed by atoms with Crippen LogP contribution in [-0.4, -0.2) is 29.4 Å². The van der Waals surface area contributed by atoms with Crippen LogP contribution in [0.15, 0.2) is 28.7 Å². The summed E-state index contributed by atoms with van der Waals surface area (Å²) in [5.74, 6) is 0.342. The van der Waals surface area contributed by atoms with E-state index in [1.807, 2.05) is 38.1 Å². The van der Waals surface area contributed by atoms with Crippen LogP contribution in [0, 0.1) is 5.92 Å². The smallest absolute Gasteiger partial charge is 0.0914 e. The van der Waals surface area contributed by atoms with Crippen LogP contribution in [0.4, 0.5) is 0 Å². The lowest BCUT2D eigenvalue weighted by atomic mass is 10.0. The Morgan fingerprint density at radius 2 is 2.06 bits per heavy atom. The molecule has 0 saturated heterocycles. The Morgan fingerprint density at radius 1 is 1.35 bits per heavy atom. The maximum atomic E-state index is 10.0. The molecule has 1 unspecified atom stereocenters. The normalized spacial score (nSPS) is 14.9. The average molecular weight is 302 g/mol. The van der Waals surface area contributed by atoms with Gasteiger partial charge in [-0.25, -0.2) is 0 Å². The van der Waals surface area contributed by atoms with E-state index < -0.39 is 6.10 Å². The number of nitrogens with one attached hydrogen (secondary N) is 1. The van der Waals surface area contributed by atoms with Crippen LogP contribution in [0.3, 0.4) is 0 Å². The van der Waals surface area contributed by atoms with Crippen LogP contribution in [-0.2, 0) is 0 Å². The number of benzene rings is 1. The highest BCUT2D eigenvalue weighted by atomic mass is 79.9. The van der Waals surface area contributed by atoms with Crippen molar-refractivity contribution in [3.8, 4) is 0 Å². The van der Waals surface area contributed by atoms with Crippen molar-refractivity contribution in [1.29, 1.82) is 0 Å². The third-order valence-electron chi connectivity index (χ3n) is 2.81. The van der Waals surface area contributed by atoms with Crippen LogP contribution in [0.1, 0.15) is 25.5 Å². The standard InChI is InChI=1S/C13H20BrNO2/c1-9(2)12(8-16)15-7-13(17)10-4-3-5-11(14)6-10/h3-6,9,12-13,15-17H,7-8H2,1-2H3/t12-,13?/m1/s1. The first-order valence-electron chi connectivity index (χ1n) is 5.82. The van der Waals surface area contributed by atoms with Gasteiger partial charge in [0.05, 0.1) is 12.7 Å². The van der Waals surface area contributed by atoms with E-state index in [4.69, 9.17) is 0 Å². The van der Waals surface area contributed by atoms with Gasteiger partial charge in [0.15, 0.2) is 0 Å². The Kier molecular flexibility index (Phi) is 6.12. The second kappa shape index (κ2) is 7.11. The van der Waals surface area contributed by atoms with E-state index >= 15 is 0 Å². The van der Waals surface area contributed by atoms with Gasteiger partial charge in [-0.1, -0.05) is 41.9 Å². The van der Waals surface area contributed by atoms with Gasteiger partial charge in [-0.05, 0) is 23.6 Å². The quantitative estimate of drug-likeness (QED) is 0.754. The lowest BCUT2D eigenvalue weighted by Gasteiger charge is -2.22. The lowest BCUT2D eigenvalue weighted by molar-refractivity contribution is 0.148. The zero-order chi connectivity index (χ0) is 12.8. The first kappa shape index (κ1) is 14.6. The van der Waals surface area contributed by atoms with E-state index in [2.05, 4.69) is 21.2 Å². The number of halogens is 1. The van der Waals surface area contributed by atoms with Gasteiger partial charge in [0.1, 0.15) is 0 Å². The number of hydrogen-bond acceptors (Lipinski definition) is 3. The van der Waals surface area contributed by atoms with Crippen LogP contribution < -0.4 is 5.32 Å².